The lowest BCUT2D eigenvalue weighted by Crippen LogP contribution is -2.11. The second-order valence-corrected chi connectivity index (χ2v) is 16.6. The standard InChI is InChI=1S/C44H91O8P/c1-3-5-7-9-11-13-15-17-19-21-23-25-27-29-31-33-35-47-37-39-49-41-43-51-53(45,46)52-44-42-50-40-38-48-36-34-32-30-28-26-24-22-20-18-16-14-12-10-8-6-4-2/h3-44H2,1-2H3,(H,45,46). The lowest BCUT2D eigenvalue weighted by Gasteiger charge is -2.12. The Balaban J connectivity index is 3.24. The van der Waals surface area contributed by atoms with Gasteiger partial charge >= 0.3 is 7.82 Å². The fourth-order valence-electron chi connectivity index (χ4n) is 6.61. The van der Waals surface area contributed by atoms with Crippen LogP contribution >= 0.6 is 7.82 Å². The Bertz CT molecular complexity index is 659. The van der Waals surface area contributed by atoms with Gasteiger partial charge in [-0.3, -0.25) is 9.05 Å². The summed E-state index contributed by atoms with van der Waals surface area (Å²) in [6.45, 7) is 8.39. The quantitative estimate of drug-likeness (QED) is 0.0482. The summed E-state index contributed by atoms with van der Waals surface area (Å²) in [6.07, 6.45) is 43.6. The molecular weight excluding hydrogens is 687 g/mol. The summed E-state index contributed by atoms with van der Waals surface area (Å²) in [4.78, 5) is 9.81. The van der Waals surface area contributed by atoms with Gasteiger partial charge < -0.3 is 23.8 Å². The monoisotopic (exact) mass is 779 g/mol. The van der Waals surface area contributed by atoms with Crippen LogP contribution in [0.4, 0.5) is 0 Å². The first-order valence-electron chi connectivity index (χ1n) is 23.0. The Hall–Kier alpha value is -0.0500. The number of hydrogen-bond acceptors (Lipinski definition) is 7. The maximum atomic E-state index is 12.0. The van der Waals surface area contributed by atoms with Gasteiger partial charge in [0.25, 0.3) is 0 Å². The molecule has 0 heterocycles. The SMILES string of the molecule is CCCCCCCCCCCCCCCCCCOCCOCCOP(=O)(O)OCCOCCOCCCCCCCCCCCCCCCCCC. The molecule has 1 N–H and O–H groups in total. The van der Waals surface area contributed by atoms with Crippen LogP contribution in [0.3, 0.4) is 0 Å². The predicted molar refractivity (Wildman–Crippen MR) is 224 cm³/mol. The van der Waals surface area contributed by atoms with E-state index in [4.69, 9.17) is 28.0 Å². The molecule has 9 heteroatoms. The van der Waals surface area contributed by atoms with Gasteiger partial charge in [-0.05, 0) is 12.8 Å². The third kappa shape index (κ3) is 48.0. The number of rotatable bonds is 48. The van der Waals surface area contributed by atoms with E-state index in [1.807, 2.05) is 0 Å². The van der Waals surface area contributed by atoms with E-state index in [1.165, 1.54) is 193 Å². The number of phosphoric ester groups is 1. The van der Waals surface area contributed by atoms with E-state index in [0.29, 0.717) is 26.4 Å². The molecule has 53 heavy (non-hydrogen) atoms. The second kappa shape index (κ2) is 46.3. The number of unbranched alkanes of at least 4 members (excludes halogenated alkanes) is 30. The van der Waals surface area contributed by atoms with Crippen molar-refractivity contribution in [2.45, 2.75) is 219 Å². The van der Waals surface area contributed by atoms with Crippen molar-refractivity contribution >= 4 is 7.82 Å². The van der Waals surface area contributed by atoms with Crippen LogP contribution in [-0.4, -0.2) is 71.0 Å². The molecule has 0 amide bonds. The zero-order valence-corrected chi connectivity index (χ0v) is 36.3. The summed E-state index contributed by atoms with van der Waals surface area (Å²) in [5, 5.41) is 0. The molecule has 0 saturated carbocycles. The minimum absolute atomic E-state index is 0.0129. The minimum Gasteiger partial charge on any atom is -0.379 e. The summed E-state index contributed by atoms with van der Waals surface area (Å²) < 4.78 is 44.1. The molecule has 0 spiro atoms. The molecule has 0 aliphatic carbocycles. The normalized spacial score (nSPS) is 12.0. The fraction of sp³-hybridized carbons (Fsp3) is 1.00. The Morgan fingerprint density at radius 3 is 0.717 bits per heavy atom. The van der Waals surface area contributed by atoms with Crippen LogP contribution < -0.4 is 0 Å². The van der Waals surface area contributed by atoms with Crippen LogP contribution in [0, 0.1) is 0 Å². The van der Waals surface area contributed by atoms with Gasteiger partial charge in [-0.25, -0.2) is 4.57 Å². The molecule has 8 nitrogen and oxygen atoms in total. The minimum atomic E-state index is -4.11. The Morgan fingerprint density at radius 1 is 0.283 bits per heavy atom. The first kappa shape index (κ1) is 53.0. The van der Waals surface area contributed by atoms with Crippen LogP contribution in [0.2, 0.25) is 0 Å². The maximum Gasteiger partial charge on any atom is 0.472 e. The smallest absolute Gasteiger partial charge is 0.379 e. The van der Waals surface area contributed by atoms with Crippen LogP contribution in [0.5, 0.6) is 0 Å². The molecule has 320 valence electrons. The van der Waals surface area contributed by atoms with Crippen molar-refractivity contribution in [3.05, 3.63) is 0 Å². The van der Waals surface area contributed by atoms with E-state index in [9.17, 15) is 9.46 Å². The topological polar surface area (TPSA) is 92.7 Å². The molecule has 0 aromatic carbocycles. The van der Waals surface area contributed by atoms with Gasteiger partial charge in [0.15, 0.2) is 0 Å². The lowest BCUT2D eigenvalue weighted by molar-refractivity contribution is 0.0193. The van der Waals surface area contributed by atoms with Gasteiger partial charge in [-0.15, -0.1) is 0 Å². The highest BCUT2D eigenvalue weighted by atomic mass is 31.2. The number of phosphoric acid groups is 1. The van der Waals surface area contributed by atoms with Crippen LogP contribution in [0.1, 0.15) is 219 Å². The molecule has 0 unspecified atom stereocenters. The highest BCUT2D eigenvalue weighted by Crippen LogP contribution is 2.42. The average Bonchev–Trinajstić information content (AvgIpc) is 3.15. The van der Waals surface area contributed by atoms with Crippen molar-refractivity contribution < 1.29 is 37.5 Å². The Morgan fingerprint density at radius 2 is 0.472 bits per heavy atom. The lowest BCUT2D eigenvalue weighted by atomic mass is 10.0. The van der Waals surface area contributed by atoms with Crippen molar-refractivity contribution in [1.82, 2.24) is 0 Å². The van der Waals surface area contributed by atoms with Crippen LogP contribution in [0.15, 0.2) is 0 Å². The van der Waals surface area contributed by atoms with Crippen molar-refractivity contribution in [3.63, 3.8) is 0 Å². The summed E-state index contributed by atoms with van der Waals surface area (Å²) in [5.41, 5.74) is 0. The third-order valence-electron chi connectivity index (χ3n) is 9.99. The maximum absolute atomic E-state index is 12.0. The van der Waals surface area contributed by atoms with Crippen molar-refractivity contribution in [2.75, 3.05) is 66.1 Å². The van der Waals surface area contributed by atoms with Crippen LogP contribution in [0.25, 0.3) is 0 Å². The highest BCUT2D eigenvalue weighted by Gasteiger charge is 2.20. The van der Waals surface area contributed by atoms with E-state index in [2.05, 4.69) is 13.8 Å². The predicted octanol–water partition coefficient (Wildman–Crippen LogP) is 13.7. The zero-order chi connectivity index (χ0) is 38.4. The average molecular weight is 779 g/mol. The van der Waals surface area contributed by atoms with Gasteiger partial charge in [0.1, 0.15) is 0 Å². The van der Waals surface area contributed by atoms with Crippen molar-refractivity contribution in [3.8, 4) is 0 Å². The van der Waals surface area contributed by atoms with E-state index >= 15 is 0 Å². The Kier molecular flexibility index (Phi) is 46.3. The van der Waals surface area contributed by atoms with Gasteiger partial charge in [0.05, 0.1) is 52.9 Å². The third-order valence-corrected chi connectivity index (χ3v) is 11.0. The number of hydrogen-bond donors (Lipinski definition) is 1. The summed E-state index contributed by atoms with van der Waals surface area (Å²) in [5.74, 6) is 0. The van der Waals surface area contributed by atoms with Gasteiger partial charge in [0.2, 0.25) is 0 Å². The van der Waals surface area contributed by atoms with E-state index in [0.717, 1.165) is 26.1 Å². The molecule has 0 bridgehead atoms. The van der Waals surface area contributed by atoms with Crippen LogP contribution in [-0.2, 0) is 32.6 Å². The molecule has 0 saturated heterocycles. The molecule has 0 radical (unpaired) electrons. The first-order chi connectivity index (χ1) is 26.1. The Labute approximate surface area is 329 Å². The van der Waals surface area contributed by atoms with E-state index in [1.54, 1.807) is 0 Å². The molecule has 0 aliphatic heterocycles. The summed E-state index contributed by atoms with van der Waals surface area (Å²) >= 11 is 0. The largest absolute Gasteiger partial charge is 0.472 e. The highest BCUT2D eigenvalue weighted by molar-refractivity contribution is 7.47. The molecular formula is C44H91O8P. The number of ether oxygens (including phenoxy) is 4. The van der Waals surface area contributed by atoms with Gasteiger partial charge in [-0.1, -0.05) is 206 Å². The molecule has 0 atom stereocenters. The summed E-state index contributed by atoms with van der Waals surface area (Å²) in [7, 11) is -4.11. The molecule has 0 aromatic rings. The van der Waals surface area contributed by atoms with E-state index in [-0.39, 0.29) is 26.4 Å². The van der Waals surface area contributed by atoms with Crippen molar-refractivity contribution in [2.24, 2.45) is 0 Å². The van der Waals surface area contributed by atoms with E-state index < -0.39 is 7.82 Å². The van der Waals surface area contributed by atoms with Gasteiger partial charge in [-0.2, -0.15) is 0 Å². The molecule has 0 rings (SSSR count). The molecule has 0 fully saturated rings. The second-order valence-electron chi connectivity index (χ2n) is 15.2. The molecule has 0 aromatic heterocycles. The first-order valence-corrected chi connectivity index (χ1v) is 24.5. The zero-order valence-electron chi connectivity index (χ0n) is 35.5. The summed E-state index contributed by atoms with van der Waals surface area (Å²) in [6, 6.07) is 0. The van der Waals surface area contributed by atoms with Gasteiger partial charge in [0, 0.05) is 13.2 Å². The van der Waals surface area contributed by atoms with Crippen molar-refractivity contribution in [1.29, 1.82) is 0 Å². The fourth-order valence-corrected chi connectivity index (χ4v) is 7.29. The molecule has 0 aliphatic rings.